The Morgan fingerprint density at radius 3 is 2.58 bits per heavy atom. The summed E-state index contributed by atoms with van der Waals surface area (Å²) in [6, 6.07) is 6.39. The van der Waals surface area contributed by atoms with E-state index in [0.29, 0.717) is 0 Å². The van der Waals surface area contributed by atoms with Gasteiger partial charge < -0.3 is 4.18 Å². The Kier molecular flexibility index (Phi) is 3.48. The van der Waals surface area contributed by atoms with Gasteiger partial charge in [-0.05, 0) is 18.2 Å². The Morgan fingerprint density at radius 1 is 1.21 bits per heavy atom. The number of hydrogen-bond acceptors (Lipinski definition) is 4. The van der Waals surface area contributed by atoms with Crippen LogP contribution < -0.4 is 4.18 Å². The molecule has 0 aliphatic heterocycles. The van der Waals surface area contributed by atoms with Gasteiger partial charge in [-0.25, -0.2) is 9.37 Å². The van der Waals surface area contributed by atoms with Crippen molar-refractivity contribution in [1.29, 1.82) is 5.26 Å². The number of nitriles is 1. The lowest BCUT2D eigenvalue weighted by molar-refractivity contribution is -0.0370. The quantitative estimate of drug-likeness (QED) is 0.623. The van der Waals surface area contributed by atoms with Gasteiger partial charge >= 0.3 is 5.51 Å². The monoisotopic (exact) mass is 288 g/mol. The van der Waals surface area contributed by atoms with Crippen LogP contribution in [0, 0.1) is 17.1 Å². The fourth-order valence-corrected chi connectivity index (χ4v) is 1.66. The molecule has 19 heavy (non-hydrogen) atoms. The Morgan fingerprint density at radius 2 is 1.95 bits per heavy atom. The van der Waals surface area contributed by atoms with Gasteiger partial charge in [0, 0.05) is 11.5 Å². The topological polar surface area (TPSA) is 45.9 Å². The second-order valence-corrected chi connectivity index (χ2v) is 4.16. The van der Waals surface area contributed by atoms with Crippen molar-refractivity contribution in [1.82, 2.24) is 4.98 Å². The first-order chi connectivity index (χ1) is 8.90. The molecule has 0 unspecified atom stereocenters. The van der Waals surface area contributed by atoms with Crippen molar-refractivity contribution < 1.29 is 21.7 Å². The maximum Gasteiger partial charge on any atom is 0.479 e. The Bertz CT molecular complexity index is 666. The summed E-state index contributed by atoms with van der Waals surface area (Å²) >= 11 is -0.726. The Balaban J connectivity index is 2.43. The number of aromatic nitrogens is 1. The molecule has 3 nitrogen and oxygen atoms in total. The lowest BCUT2D eigenvalue weighted by atomic mass is 10.1. The average Bonchev–Trinajstić information content (AvgIpc) is 2.36. The normalized spacial score (nSPS) is 11.3. The molecule has 1 aromatic heterocycles. The van der Waals surface area contributed by atoms with Gasteiger partial charge in [0.1, 0.15) is 11.9 Å². The van der Waals surface area contributed by atoms with Crippen LogP contribution in [-0.2, 0) is 0 Å². The molecule has 1 heterocycles. The zero-order valence-corrected chi connectivity index (χ0v) is 9.85. The molecule has 0 atom stereocenters. The minimum absolute atomic E-state index is 0.0391. The highest BCUT2D eigenvalue weighted by Crippen LogP contribution is 2.32. The Labute approximate surface area is 109 Å². The van der Waals surface area contributed by atoms with Crippen LogP contribution in [0.3, 0.4) is 0 Å². The van der Waals surface area contributed by atoms with Crippen LogP contribution in [0.4, 0.5) is 17.6 Å². The van der Waals surface area contributed by atoms with Crippen molar-refractivity contribution in [3.05, 3.63) is 35.6 Å². The van der Waals surface area contributed by atoms with E-state index in [4.69, 9.17) is 5.26 Å². The minimum Gasteiger partial charge on any atom is -0.397 e. The molecule has 0 fully saturated rings. The van der Waals surface area contributed by atoms with Crippen LogP contribution in [0.1, 0.15) is 5.56 Å². The third kappa shape index (κ3) is 3.06. The van der Waals surface area contributed by atoms with Gasteiger partial charge in [0.05, 0.1) is 11.1 Å². The molecule has 2 rings (SSSR count). The number of rotatable bonds is 2. The van der Waals surface area contributed by atoms with Gasteiger partial charge in [-0.3, -0.25) is 0 Å². The predicted molar refractivity (Wildman–Crippen MR) is 60.7 cm³/mol. The third-order valence-corrected chi connectivity index (χ3v) is 2.56. The number of benzene rings is 1. The molecular weight excluding hydrogens is 284 g/mol. The summed E-state index contributed by atoms with van der Waals surface area (Å²) in [5, 5.41) is 8.88. The molecular formula is C11H4F4N2OS. The van der Waals surface area contributed by atoms with Gasteiger partial charge in [-0.2, -0.15) is 18.4 Å². The SMILES string of the molecule is N#Cc1ccc(F)c2ccc(OSC(F)(F)F)nc12. The van der Waals surface area contributed by atoms with Crippen LogP contribution >= 0.6 is 12.0 Å². The molecule has 1 aromatic carbocycles. The highest BCUT2D eigenvalue weighted by molar-refractivity contribution is 7.95. The van der Waals surface area contributed by atoms with Crippen molar-refractivity contribution in [3.8, 4) is 11.9 Å². The van der Waals surface area contributed by atoms with Gasteiger partial charge in [0.2, 0.25) is 5.88 Å². The first kappa shape index (κ1) is 13.4. The maximum absolute atomic E-state index is 13.4. The second-order valence-electron chi connectivity index (χ2n) is 3.36. The number of hydrogen-bond donors (Lipinski definition) is 0. The lowest BCUT2D eigenvalue weighted by Crippen LogP contribution is -2.03. The first-order valence-corrected chi connectivity index (χ1v) is 5.56. The van der Waals surface area contributed by atoms with E-state index in [1.807, 2.05) is 0 Å². The second kappa shape index (κ2) is 4.93. The number of alkyl halides is 3. The fraction of sp³-hybridized carbons (Fsp3) is 0.0909. The third-order valence-electron chi connectivity index (χ3n) is 2.12. The summed E-state index contributed by atoms with van der Waals surface area (Å²) in [4.78, 5) is 3.70. The van der Waals surface area contributed by atoms with E-state index in [2.05, 4.69) is 9.17 Å². The average molecular weight is 288 g/mol. The smallest absolute Gasteiger partial charge is 0.397 e. The zero-order valence-electron chi connectivity index (χ0n) is 9.03. The maximum atomic E-state index is 13.4. The Hall–Kier alpha value is -2.01. The molecule has 0 amide bonds. The van der Waals surface area contributed by atoms with Gasteiger partial charge in [-0.15, -0.1) is 0 Å². The van der Waals surface area contributed by atoms with Gasteiger partial charge in [0.25, 0.3) is 0 Å². The standard InChI is InChI=1S/C11H4F4N2OS/c12-8-3-1-6(5-16)10-7(8)2-4-9(17-10)18-19-11(13,14)15/h1-4H. The molecule has 0 N–H and O–H groups in total. The summed E-state index contributed by atoms with van der Waals surface area (Å²) < 4.78 is 53.7. The van der Waals surface area contributed by atoms with Crippen LogP contribution in [-0.4, -0.2) is 10.5 Å². The zero-order chi connectivity index (χ0) is 14.0. The summed E-state index contributed by atoms with van der Waals surface area (Å²) in [6.45, 7) is 0. The number of pyridine rings is 1. The van der Waals surface area contributed by atoms with Crippen molar-refractivity contribution in [2.45, 2.75) is 5.51 Å². The molecule has 0 saturated carbocycles. The molecule has 0 spiro atoms. The first-order valence-electron chi connectivity index (χ1n) is 4.82. The molecule has 0 saturated heterocycles. The van der Waals surface area contributed by atoms with Crippen LogP contribution in [0.15, 0.2) is 24.3 Å². The van der Waals surface area contributed by atoms with Crippen molar-refractivity contribution in [2.75, 3.05) is 0 Å². The van der Waals surface area contributed by atoms with E-state index >= 15 is 0 Å². The largest absolute Gasteiger partial charge is 0.479 e. The summed E-state index contributed by atoms with van der Waals surface area (Å²) in [7, 11) is 0. The summed E-state index contributed by atoms with van der Waals surface area (Å²) in [5.41, 5.74) is -4.56. The van der Waals surface area contributed by atoms with Crippen molar-refractivity contribution in [3.63, 3.8) is 0 Å². The van der Waals surface area contributed by atoms with E-state index in [-0.39, 0.29) is 22.3 Å². The predicted octanol–water partition coefficient (Wildman–Crippen LogP) is 3.79. The fourth-order valence-electron chi connectivity index (χ4n) is 1.39. The van der Waals surface area contributed by atoms with Crippen LogP contribution in [0.2, 0.25) is 0 Å². The van der Waals surface area contributed by atoms with E-state index in [0.717, 1.165) is 12.1 Å². The minimum atomic E-state index is -4.57. The molecule has 0 aliphatic carbocycles. The molecule has 98 valence electrons. The molecule has 0 radical (unpaired) electrons. The van der Waals surface area contributed by atoms with E-state index in [9.17, 15) is 17.6 Å². The van der Waals surface area contributed by atoms with E-state index < -0.39 is 23.4 Å². The molecule has 2 aromatic rings. The highest BCUT2D eigenvalue weighted by atomic mass is 32.2. The molecule has 8 heteroatoms. The number of halogens is 4. The van der Waals surface area contributed by atoms with Gasteiger partial charge in [0.15, 0.2) is 12.0 Å². The summed E-state index contributed by atoms with van der Waals surface area (Å²) in [5.74, 6) is -0.964. The number of fused-ring (bicyclic) bond motifs is 1. The van der Waals surface area contributed by atoms with Gasteiger partial charge in [-0.1, -0.05) is 0 Å². The summed E-state index contributed by atoms with van der Waals surface area (Å²) in [6.07, 6.45) is 0. The molecule has 0 aliphatic rings. The van der Waals surface area contributed by atoms with E-state index in [1.54, 1.807) is 6.07 Å². The number of nitrogens with zero attached hydrogens (tertiary/aromatic N) is 2. The van der Waals surface area contributed by atoms with Crippen molar-refractivity contribution in [2.24, 2.45) is 0 Å². The lowest BCUT2D eigenvalue weighted by Gasteiger charge is -2.07. The van der Waals surface area contributed by atoms with Crippen molar-refractivity contribution >= 4 is 22.9 Å². The highest BCUT2D eigenvalue weighted by Gasteiger charge is 2.31. The van der Waals surface area contributed by atoms with Crippen LogP contribution in [0.5, 0.6) is 5.88 Å². The molecule has 0 bridgehead atoms. The van der Waals surface area contributed by atoms with Crippen LogP contribution in [0.25, 0.3) is 10.9 Å². The van der Waals surface area contributed by atoms with E-state index in [1.165, 1.54) is 12.1 Å².